The first kappa shape index (κ1) is 14.4. The van der Waals surface area contributed by atoms with Crippen LogP contribution in [0.25, 0.3) is 0 Å². The third-order valence-corrected chi connectivity index (χ3v) is 2.95. The highest BCUT2D eigenvalue weighted by Crippen LogP contribution is 2.24. The Hall–Kier alpha value is -1.66. The summed E-state index contributed by atoms with van der Waals surface area (Å²) in [5.74, 6) is 0.0714. The van der Waals surface area contributed by atoms with E-state index in [0.717, 1.165) is 12.8 Å². The second kappa shape index (κ2) is 6.32. The van der Waals surface area contributed by atoms with Crippen LogP contribution in [0, 0.1) is 5.41 Å². The molecule has 6 heteroatoms. The van der Waals surface area contributed by atoms with Crippen molar-refractivity contribution in [3.05, 3.63) is 24.0 Å². The molecule has 1 aliphatic heterocycles. The highest BCUT2D eigenvalue weighted by atomic mass is 16.5. The summed E-state index contributed by atoms with van der Waals surface area (Å²) in [5.41, 5.74) is 12.7. The number of nitrogens with two attached hydrogens (primary N) is 2. The molecule has 2 unspecified atom stereocenters. The quantitative estimate of drug-likeness (QED) is 0.415. The van der Waals surface area contributed by atoms with E-state index < -0.39 is 0 Å². The monoisotopic (exact) mass is 252 g/mol. The highest BCUT2D eigenvalue weighted by molar-refractivity contribution is 6.45. The standard InChI is InChI=1S/C12H20N4O2/c1-3-16-12(15)11(14)7(2)10(13)9-5-4-8(6-17)18-9/h3,8-9,14,17H,1,4-6,13H2,2H3,(H2,15,16). The lowest BCUT2D eigenvalue weighted by atomic mass is 10.0. The number of nitrogens with zero attached hydrogens (tertiary/aromatic N) is 1. The minimum absolute atomic E-state index is 0.0136. The molecule has 1 saturated heterocycles. The number of aliphatic hydroxyl groups excluding tert-OH is 1. The third-order valence-electron chi connectivity index (χ3n) is 2.95. The van der Waals surface area contributed by atoms with Crippen molar-refractivity contribution >= 4 is 11.5 Å². The third kappa shape index (κ3) is 3.18. The van der Waals surface area contributed by atoms with E-state index in [1.54, 1.807) is 6.92 Å². The molecule has 1 fully saturated rings. The summed E-state index contributed by atoms with van der Waals surface area (Å²) in [6, 6.07) is 0. The van der Waals surface area contributed by atoms with Crippen LogP contribution < -0.4 is 11.5 Å². The number of rotatable bonds is 5. The van der Waals surface area contributed by atoms with Gasteiger partial charge in [0, 0.05) is 11.9 Å². The Morgan fingerprint density at radius 3 is 2.72 bits per heavy atom. The maximum atomic E-state index is 9.00. The molecule has 0 spiro atoms. The van der Waals surface area contributed by atoms with Gasteiger partial charge in [0.05, 0.1) is 18.8 Å². The lowest BCUT2D eigenvalue weighted by Crippen LogP contribution is -2.29. The molecule has 0 aromatic heterocycles. The van der Waals surface area contributed by atoms with Gasteiger partial charge in [-0.25, -0.2) is 4.99 Å². The summed E-state index contributed by atoms with van der Waals surface area (Å²) < 4.78 is 5.55. The minimum atomic E-state index is -0.265. The largest absolute Gasteiger partial charge is 0.400 e. The van der Waals surface area contributed by atoms with Gasteiger partial charge in [-0.1, -0.05) is 6.58 Å². The Morgan fingerprint density at radius 2 is 2.22 bits per heavy atom. The predicted molar refractivity (Wildman–Crippen MR) is 71.4 cm³/mol. The summed E-state index contributed by atoms with van der Waals surface area (Å²) in [5, 5.41) is 16.8. The van der Waals surface area contributed by atoms with Crippen molar-refractivity contribution in [3.63, 3.8) is 0 Å². The van der Waals surface area contributed by atoms with Crippen LogP contribution in [0.1, 0.15) is 19.8 Å². The van der Waals surface area contributed by atoms with Crippen LogP contribution in [0.15, 0.2) is 29.0 Å². The molecule has 0 bridgehead atoms. The fraction of sp³-hybridized carbons (Fsp3) is 0.500. The Labute approximate surface area is 107 Å². The van der Waals surface area contributed by atoms with Crippen LogP contribution in [0.5, 0.6) is 0 Å². The second-order valence-electron chi connectivity index (χ2n) is 4.16. The molecule has 1 rings (SSSR count). The Kier molecular flexibility index (Phi) is 5.06. The van der Waals surface area contributed by atoms with Crippen LogP contribution >= 0.6 is 0 Å². The van der Waals surface area contributed by atoms with E-state index in [9.17, 15) is 0 Å². The molecule has 0 amide bonds. The van der Waals surface area contributed by atoms with E-state index in [1.807, 2.05) is 0 Å². The van der Waals surface area contributed by atoms with E-state index in [4.69, 9.17) is 26.7 Å². The average molecular weight is 252 g/mol. The molecular formula is C12H20N4O2. The molecule has 0 aliphatic carbocycles. The zero-order valence-electron chi connectivity index (χ0n) is 10.5. The number of ether oxygens (including phenoxy) is 1. The van der Waals surface area contributed by atoms with Crippen LogP contribution in [-0.4, -0.2) is 35.5 Å². The van der Waals surface area contributed by atoms with Gasteiger partial charge in [-0.05, 0) is 25.3 Å². The van der Waals surface area contributed by atoms with Crippen molar-refractivity contribution in [2.45, 2.75) is 32.0 Å². The van der Waals surface area contributed by atoms with Gasteiger partial charge in [0.15, 0.2) is 0 Å². The highest BCUT2D eigenvalue weighted by Gasteiger charge is 2.28. The van der Waals surface area contributed by atoms with Crippen molar-refractivity contribution in [2.75, 3.05) is 6.61 Å². The first-order valence-corrected chi connectivity index (χ1v) is 5.77. The maximum absolute atomic E-state index is 9.00. The molecule has 100 valence electrons. The fourth-order valence-corrected chi connectivity index (χ4v) is 1.81. The van der Waals surface area contributed by atoms with Gasteiger partial charge in [-0.3, -0.25) is 5.41 Å². The summed E-state index contributed by atoms with van der Waals surface area (Å²) in [7, 11) is 0. The van der Waals surface area contributed by atoms with Gasteiger partial charge < -0.3 is 21.3 Å². The number of aliphatic hydroxyl groups is 1. The number of amidine groups is 1. The summed E-state index contributed by atoms with van der Waals surface area (Å²) in [6.45, 7) is 5.12. The Morgan fingerprint density at radius 1 is 1.56 bits per heavy atom. The van der Waals surface area contributed by atoms with Gasteiger partial charge in [-0.2, -0.15) is 0 Å². The maximum Gasteiger partial charge on any atom is 0.148 e. The number of hydrogen-bond acceptors (Lipinski definition) is 5. The van der Waals surface area contributed by atoms with Crippen molar-refractivity contribution in [1.29, 1.82) is 5.41 Å². The van der Waals surface area contributed by atoms with Gasteiger partial charge in [0.1, 0.15) is 11.5 Å². The number of aliphatic imine (C=N–C) groups is 1. The molecule has 0 saturated carbocycles. The predicted octanol–water partition coefficient (Wildman–Crippen LogP) is 0.279. The lowest BCUT2D eigenvalue weighted by molar-refractivity contribution is 0.0259. The van der Waals surface area contributed by atoms with Gasteiger partial charge >= 0.3 is 0 Å². The second-order valence-corrected chi connectivity index (χ2v) is 4.16. The molecule has 1 aliphatic rings. The van der Waals surface area contributed by atoms with Crippen molar-refractivity contribution in [2.24, 2.45) is 16.5 Å². The lowest BCUT2D eigenvalue weighted by Gasteiger charge is -2.16. The Bertz CT molecular complexity index is 401. The molecule has 1 heterocycles. The van der Waals surface area contributed by atoms with Gasteiger partial charge in [0.2, 0.25) is 0 Å². The molecule has 6 N–H and O–H groups in total. The van der Waals surface area contributed by atoms with Crippen molar-refractivity contribution < 1.29 is 9.84 Å². The summed E-state index contributed by atoms with van der Waals surface area (Å²) in [4.78, 5) is 3.75. The zero-order valence-corrected chi connectivity index (χ0v) is 10.5. The topological polar surface area (TPSA) is 118 Å². The van der Waals surface area contributed by atoms with E-state index in [2.05, 4.69) is 11.6 Å². The molecule has 6 nitrogen and oxygen atoms in total. The zero-order chi connectivity index (χ0) is 13.7. The summed E-state index contributed by atoms with van der Waals surface area (Å²) >= 11 is 0. The van der Waals surface area contributed by atoms with Gasteiger partial charge in [0.25, 0.3) is 0 Å². The molecular weight excluding hydrogens is 232 g/mol. The molecule has 0 radical (unpaired) electrons. The van der Waals surface area contributed by atoms with Crippen LogP contribution in [0.4, 0.5) is 0 Å². The van der Waals surface area contributed by atoms with Crippen LogP contribution in [0.3, 0.4) is 0 Å². The SMILES string of the molecule is C=CN=C(N)C(=N)C(C)=C(N)C1CCC(CO)O1. The van der Waals surface area contributed by atoms with Crippen LogP contribution in [-0.2, 0) is 4.74 Å². The van der Waals surface area contributed by atoms with E-state index >= 15 is 0 Å². The van der Waals surface area contributed by atoms with E-state index in [-0.39, 0.29) is 30.4 Å². The van der Waals surface area contributed by atoms with Crippen molar-refractivity contribution in [1.82, 2.24) is 0 Å². The van der Waals surface area contributed by atoms with Gasteiger partial charge in [-0.15, -0.1) is 0 Å². The Balaban J connectivity index is 2.82. The fourth-order valence-electron chi connectivity index (χ4n) is 1.81. The summed E-state index contributed by atoms with van der Waals surface area (Å²) in [6.07, 6.45) is 2.34. The minimum Gasteiger partial charge on any atom is -0.400 e. The van der Waals surface area contributed by atoms with Crippen molar-refractivity contribution in [3.8, 4) is 0 Å². The smallest absolute Gasteiger partial charge is 0.148 e. The normalized spacial score (nSPS) is 25.8. The van der Waals surface area contributed by atoms with E-state index in [0.29, 0.717) is 11.3 Å². The first-order valence-electron chi connectivity index (χ1n) is 5.77. The molecule has 18 heavy (non-hydrogen) atoms. The van der Waals surface area contributed by atoms with Crippen LogP contribution in [0.2, 0.25) is 0 Å². The molecule has 0 aromatic rings. The number of hydrogen-bond donors (Lipinski definition) is 4. The average Bonchev–Trinajstić information content (AvgIpc) is 2.85. The molecule has 0 aromatic carbocycles. The first-order chi connectivity index (χ1) is 8.51. The number of nitrogens with one attached hydrogen (secondary N) is 1. The van der Waals surface area contributed by atoms with E-state index in [1.165, 1.54) is 6.20 Å². The molecule has 2 atom stereocenters.